The van der Waals surface area contributed by atoms with Gasteiger partial charge in [0.15, 0.2) is 11.6 Å². The summed E-state index contributed by atoms with van der Waals surface area (Å²) in [6.45, 7) is 5.76. The normalized spacial score (nSPS) is 14.4. The lowest BCUT2D eigenvalue weighted by Crippen LogP contribution is -1.99. The summed E-state index contributed by atoms with van der Waals surface area (Å²) in [6, 6.07) is 6.65. The molecule has 116 valence electrons. The molecule has 0 aliphatic heterocycles. The first-order valence-corrected chi connectivity index (χ1v) is 7.53. The van der Waals surface area contributed by atoms with Crippen LogP contribution in [0.3, 0.4) is 0 Å². The average Bonchev–Trinajstić information content (AvgIpc) is 3.30. The second-order valence-electron chi connectivity index (χ2n) is 6.07. The maximum Gasteiger partial charge on any atom is 0.160 e. The van der Waals surface area contributed by atoms with Crippen LogP contribution in [0.2, 0.25) is 0 Å². The van der Waals surface area contributed by atoms with Crippen LogP contribution in [0.25, 0.3) is 27.7 Å². The van der Waals surface area contributed by atoms with Crippen molar-refractivity contribution in [1.82, 2.24) is 14.8 Å². The van der Waals surface area contributed by atoms with Gasteiger partial charge in [0.2, 0.25) is 0 Å². The van der Waals surface area contributed by atoms with E-state index in [1.807, 2.05) is 19.1 Å². The largest absolute Gasteiger partial charge is 0.337 e. The third-order valence-electron chi connectivity index (χ3n) is 4.18. The van der Waals surface area contributed by atoms with Gasteiger partial charge in [0.05, 0.1) is 23.1 Å². The van der Waals surface area contributed by atoms with E-state index in [1.165, 1.54) is 12.1 Å². The number of benzene rings is 1. The van der Waals surface area contributed by atoms with Crippen molar-refractivity contribution in [3.63, 3.8) is 0 Å². The minimum absolute atomic E-state index is 0.328. The Kier molecular flexibility index (Phi) is 3.04. The third kappa shape index (κ3) is 2.32. The Bertz CT molecular complexity index is 939. The minimum Gasteiger partial charge on any atom is -0.337 e. The minimum atomic E-state index is -0.826. The first kappa shape index (κ1) is 14.1. The summed E-state index contributed by atoms with van der Waals surface area (Å²) in [7, 11) is 0. The maximum absolute atomic E-state index is 13.7. The van der Waals surface area contributed by atoms with Crippen molar-refractivity contribution in [3.8, 4) is 11.3 Å². The first-order valence-electron chi connectivity index (χ1n) is 7.53. The molecule has 0 spiro atoms. The van der Waals surface area contributed by atoms with Crippen molar-refractivity contribution in [2.24, 2.45) is 0 Å². The summed E-state index contributed by atoms with van der Waals surface area (Å²) >= 11 is 0. The van der Waals surface area contributed by atoms with Gasteiger partial charge < -0.3 is 4.57 Å². The van der Waals surface area contributed by atoms with Gasteiger partial charge in [0.25, 0.3) is 0 Å². The Morgan fingerprint density at radius 3 is 2.61 bits per heavy atom. The zero-order valence-corrected chi connectivity index (χ0v) is 12.7. The Morgan fingerprint density at radius 1 is 1.17 bits per heavy atom. The van der Waals surface area contributed by atoms with Crippen molar-refractivity contribution in [1.29, 1.82) is 0 Å². The lowest BCUT2D eigenvalue weighted by Gasteiger charge is -2.10. The van der Waals surface area contributed by atoms with Crippen molar-refractivity contribution in [3.05, 3.63) is 54.4 Å². The molecule has 3 nitrogen and oxygen atoms in total. The Hall–Kier alpha value is -2.56. The van der Waals surface area contributed by atoms with Crippen LogP contribution < -0.4 is 0 Å². The molecule has 23 heavy (non-hydrogen) atoms. The number of rotatable bonds is 3. The summed E-state index contributed by atoms with van der Waals surface area (Å²) in [5.41, 5.74) is 4.04. The Morgan fingerprint density at radius 2 is 1.91 bits per heavy atom. The standard InChI is InChI=1S/C18H15F2N3/c1-10(2)16-6-12(9-21-22-16)17-7-11-5-14(19)15(20)8-18(11)23(17)13-3-4-13/h5-9,13H,1,3-4H2,2H3. The molecule has 2 aromatic heterocycles. The molecule has 2 heterocycles. The molecule has 0 amide bonds. The fourth-order valence-corrected chi connectivity index (χ4v) is 2.89. The molecule has 0 atom stereocenters. The highest BCUT2D eigenvalue weighted by molar-refractivity contribution is 5.87. The van der Waals surface area contributed by atoms with Crippen LogP contribution in [0.4, 0.5) is 8.78 Å². The fraction of sp³-hybridized carbons (Fsp3) is 0.222. The van der Waals surface area contributed by atoms with E-state index >= 15 is 0 Å². The molecule has 0 N–H and O–H groups in total. The molecule has 1 aliphatic carbocycles. The molecular formula is C18H15F2N3. The van der Waals surface area contributed by atoms with E-state index in [2.05, 4.69) is 21.3 Å². The van der Waals surface area contributed by atoms with Crippen molar-refractivity contribution in [2.45, 2.75) is 25.8 Å². The van der Waals surface area contributed by atoms with Crippen LogP contribution in [-0.2, 0) is 0 Å². The lowest BCUT2D eigenvalue weighted by atomic mass is 10.1. The van der Waals surface area contributed by atoms with Crippen LogP contribution in [0.15, 0.2) is 37.0 Å². The SMILES string of the molecule is C=C(C)c1cc(-c2cc3cc(F)c(F)cc3n2C2CC2)cnn1. The van der Waals surface area contributed by atoms with Gasteiger partial charge in [-0.2, -0.15) is 10.2 Å². The molecule has 0 saturated heterocycles. The number of fused-ring (bicyclic) bond motifs is 1. The number of allylic oxidation sites excluding steroid dienone is 1. The molecular weight excluding hydrogens is 296 g/mol. The summed E-state index contributed by atoms with van der Waals surface area (Å²) < 4.78 is 29.3. The zero-order valence-electron chi connectivity index (χ0n) is 12.7. The van der Waals surface area contributed by atoms with E-state index < -0.39 is 11.6 Å². The van der Waals surface area contributed by atoms with Gasteiger partial charge >= 0.3 is 0 Å². The number of nitrogens with zero attached hydrogens (tertiary/aromatic N) is 3. The first-order chi connectivity index (χ1) is 11.0. The fourth-order valence-electron chi connectivity index (χ4n) is 2.89. The molecule has 1 saturated carbocycles. The van der Waals surface area contributed by atoms with E-state index in [9.17, 15) is 8.78 Å². The molecule has 3 aromatic rings. The monoisotopic (exact) mass is 311 g/mol. The summed E-state index contributed by atoms with van der Waals surface area (Å²) in [4.78, 5) is 0. The van der Waals surface area contributed by atoms with E-state index in [0.29, 0.717) is 17.1 Å². The molecule has 1 aliphatic rings. The smallest absolute Gasteiger partial charge is 0.160 e. The van der Waals surface area contributed by atoms with Gasteiger partial charge in [0, 0.05) is 23.1 Å². The highest BCUT2D eigenvalue weighted by Crippen LogP contribution is 2.43. The second kappa shape index (κ2) is 4.98. The highest BCUT2D eigenvalue weighted by atomic mass is 19.2. The van der Waals surface area contributed by atoms with E-state index in [0.717, 1.165) is 35.2 Å². The van der Waals surface area contributed by atoms with Crippen molar-refractivity contribution >= 4 is 16.5 Å². The predicted octanol–water partition coefficient (Wildman–Crippen LogP) is 4.74. The van der Waals surface area contributed by atoms with E-state index in [-0.39, 0.29) is 0 Å². The van der Waals surface area contributed by atoms with Crippen LogP contribution in [0.5, 0.6) is 0 Å². The average molecular weight is 311 g/mol. The number of aromatic nitrogens is 3. The van der Waals surface area contributed by atoms with Gasteiger partial charge in [-0.15, -0.1) is 0 Å². The maximum atomic E-state index is 13.7. The van der Waals surface area contributed by atoms with Crippen LogP contribution in [-0.4, -0.2) is 14.8 Å². The van der Waals surface area contributed by atoms with Crippen LogP contribution >= 0.6 is 0 Å². The van der Waals surface area contributed by atoms with E-state index in [4.69, 9.17) is 0 Å². The Labute approximate surface area is 132 Å². The van der Waals surface area contributed by atoms with Crippen molar-refractivity contribution < 1.29 is 8.78 Å². The van der Waals surface area contributed by atoms with Gasteiger partial charge in [-0.1, -0.05) is 6.58 Å². The van der Waals surface area contributed by atoms with Crippen LogP contribution in [0.1, 0.15) is 31.5 Å². The van der Waals surface area contributed by atoms with Gasteiger partial charge in [0.1, 0.15) is 0 Å². The number of hydrogen-bond donors (Lipinski definition) is 0. The summed E-state index contributed by atoms with van der Waals surface area (Å²) in [6.07, 6.45) is 3.76. The van der Waals surface area contributed by atoms with E-state index in [1.54, 1.807) is 6.20 Å². The molecule has 1 fully saturated rings. The molecule has 0 radical (unpaired) electrons. The molecule has 0 unspecified atom stereocenters. The summed E-state index contributed by atoms with van der Waals surface area (Å²) in [5.74, 6) is -1.65. The van der Waals surface area contributed by atoms with Gasteiger partial charge in [-0.05, 0) is 43.5 Å². The molecule has 5 heteroatoms. The predicted molar refractivity (Wildman–Crippen MR) is 85.9 cm³/mol. The van der Waals surface area contributed by atoms with Crippen molar-refractivity contribution in [2.75, 3.05) is 0 Å². The number of halogens is 2. The second-order valence-corrected chi connectivity index (χ2v) is 6.07. The third-order valence-corrected chi connectivity index (χ3v) is 4.18. The summed E-state index contributed by atoms with van der Waals surface area (Å²) in [5, 5.41) is 8.79. The van der Waals surface area contributed by atoms with Gasteiger partial charge in [-0.3, -0.25) is 0 Å². The van der Waals surface area contributed by atoms with Crippen LogP contribution in [0, 0.1) is 11.6 Å². The molecule has 1 aromatic carbocycles. The topological polar surface area (TPSA) is 30.7 Å². The Balaban J connectivity index is 1.98. The zero-order chi connectivity index (χ0) is 16.1. The van der Waals surface area contributed by atoms with Gasteiger partial charge in [-0.25, -0.2) is 8.78 Å². The molecule has 4 rings (SSSR count). The quantitative estimate of drug-likeness (QED) is 0.699. The number of hydrogen-bond acceptors (Lipinski definition) is 2. The molecule has 0 bridgehead atoms. The highest BCUT2D eigenvalue weighted by Gasteiger charge is 2.28. The lowest BCUT2D eigenvalue weighted by molar-refractivity contribution is 0.510.